The van der Waals surface area contributed by atoms with E-state index in [4.69, 9.17) is 0 Å². The number of carbonyl (C=O) groups excluding carboxylic acids is 2. The maximum Gasteiger partial charge on any atom is 0.416 e. The average molecular weight is 370 g/mol. The molecule has 0 bridgehead atoms. The molecule has 0 aliphatic heterocycles. The molecule has 4 nitrogen and oxygen atoms in total. The zero-order valence-corrected chi connectivity index (χ0v) is 14.5. The molecule has 0 radical (unpaired) electrons. The van der Waals surface area contributed by atoms with E-state index in [2.05, 4.69) is 5.32 Å². The Hall–Kier alpha value is -2.35. The molecule has 0 saturated heterocycles. The van der Waals surface area contributed by atoms with Gasteiger partial charge in [0.25, 0.3) is 5.91 Å². The van der Waals surface area contributed by atoms with Crippen molar-refractivity contribution < 1.29 is 22.8 Å². The Morgan fingerprint density at radius 3 is 2.28 bits per heavy atom. The Morgan fingerprint density at radius 2 is 1.76 bits per heavy atom. The second kappa shape index (κ2) is 7.69. The first-order valence-electron chi connectivity index (χ1n) is 7.41. The molecule has 2 aromatic rings. The van der Waals surface area contributed by atoms with E-state index in [0.29, 0.717) is 10.4 Å². The van der Waals surface area contributed by atoms with E-state index >= 15 is 0 Å². The highest BCUT2D eigenvalue weighted by Crippen LogP contribution is 2.29. The number of nitrogens with zero attached hydrogens (tertiary/aromatic N) is 1. The standard InChI is InChI=1S/C17H17F3N2O2S/c1-11-3-8-14(25-11)16(24)21-9-15(23)22(2)10-12-4-6-13(7-5-12)17(18,19)20/h3-8H,9-10H2,1-2H3,(H,21,24). The van der Waals surface area contributed by atoms with E-state index in [1.165, 1.54) is 35.4 Å². The summed E-state index contributed by atoms with van der Waals surface area (Å²) in [5.41, 5.74) is -0.159. The van der Waals surface area contributed by atoms with Crippen molar-refractivity contribution in [3.8, 4) is 0 Å². The molecule has 8 heteroatoms. The molecule has 1 heterocycles. The largest absolute Gasteiger partial charge is 0.416 e. The van der Waals surface area contributed by atoms with E-state index < -0.39 is 11.7 Å². The minimum Gasteiger partial charge on any atom is -0.342 e. The third-order valence-electron chi connectivity index (χ3n) is 3.49. The number of carbonyl (C=O) groups is 2. The zero-order chi connectivity index (χ0) is 18.6. The van der Waals surface area contributed by atoms with Gasteiger partial charge < -0.3 is 10.2 Å². The molecular formula is C17H17F3N2O2S. The number of hydrogen-bond donors (Lipinski definition) is 1. The molecule has 2 amide bonds. The van der Waals surface area contributed by atoms with Crippen LogP contribution in [0.1, 0.15) is 25.7 Å². The maximum atomic E-state index is 12.5. The van der Waals surface area contributed by atoms with Crippen LogP contribution in [-0.4, -0.2) is 30.3 Å². The summed E-state index contributed by atoms with van der Waals surface area (Å²) in [6.45, 7) is 1.86. The van der Waals surface area contributed by atoms with Crippen LogP contribution >= 0.6 is 11.3 Å². The Morgan fingerprint density at radius 1 is 1.12 bits per heavy atom. The fourth-order valence-electron chi connectivity index (χ4n) is 2.10. The monoisotopic (exact) mass is 370 g/mol. The number of thiophene rings is 1. The predicted molar refractivity (Wildman–Crippen MR) is 89.3 cm³/mol. The van der Waals surface area contributed by atoms with Gasteiger partial charge >= 0.3 is 6.18 Å². The van der Waals surface area contributed by atoms with Crippen LogP contribution in [0.25, 0.3) is 0 Å². The number of hydrogen-bond acceptors (Lipinski definition) is 3. The minimum absolute atomic E-state index is 0.158. The zero-order valence-electron chi connectivity index (χ0n) is 13.7. The van der Waals surface area contributed by atoms with Crippen molar-refractivity contribution in [2.75, 3.05) is 13.6 Å². The highest BCUT2D eigenvalue weighted by Gasteiger charge is 2.30. The van der Waals surface area contributed by atoms with Crippen molar-refractivity contribution in [1.29, 1.82) is 0 Å². The van der Waals surface area contributed by atoms with Crippen LogP contribution in [0.2, 0.25) is 0 Å². The van der Waals surface area contributed by atoms with Gasteiger partial charge in [0.05, 0.1) is 17.0 Å². The van der Waals surface area contributed by atoms with Crippen LogP contribution in [0.4, 0.5) is 13.2 Å². The Kier molecular flexibility index (Phi) is 5.84. The van der Waals surface area contributed by atoms with Crippen molar-refractivity contribution in [3.05, 3.63) is 57.3 Å². The van der Waals surface area contributed by atoms with E-state index in [1.54, 1.807) is 6.07 Å². The molecule has 134 valence electrons. The van der Waals surface area contributed by atoms with Crippen molar-refractivity contribution in [1.82, 2.24) is 10.2 Å². The van der Waals surface area contributed by atoms with Gasteiger partial charge in [0.2, 0.25) is 5.91 Å². The van der Waals surface area contributed by atoms with Crippen molar-refractivity contribution in [2.24, 2.45) is 0 Å². The van der Waals surface area contributed by atoms with Gasteiger partial charge in [0, 0.05) is 18.5 Å². The lowest BCUT2D eigenvalue weighted by Crippen LogP contribution is -2.37. The summed E-state index contributed by atoms with van der Waals surface area (Å²) in [4.78, 5) is 26.8. The highest BCUT2D eigenvalue weighted by molar-refractivity contribution is 7.13. The van der Waals surface area contributed by atoms with Crippen molar-refractivity contribution in [2.45, 2.75) is 19.6 Å². The quantitative estimate of drug-likeness (QED) is 0.876. The molecule has 25 heavy (non-hydrogen) atoms. The minimum atomic E-state index is -4.38. The Balaban J connectivity index is 1.86. The van der Waals surface area contributed by atoms with Crippen molar-refractivity contribution >= 4 is 23.2 Å². The van der Waals surface area contributed by atoms with Gasteiger partial charge in [-0.3, -0.25) is 9.59 Å². The maximum absolute atomic E-state index is 12.5. The third-order valence-corrected chi connectivity index (χ3v) is 4.49. The summed E-state index contributed by atoms with van der Waals surface area (Å²) in [6, 6.07) is 8.13. The third kappa shape index (κ3) is 5.32. The van der Waals surface area contributed by atoms with E-state index in [0.717, 1.165) is 17.0 Å². The van der Waals surface area contributed by atoms with Crippen LogP contribution < -0.4 is 5.32 Å². The number of likely N-dealkylation sites (N-methyl/N-ethyl adjacent to an activating group) is 1. The van der Waals surface area contributed by atoms with Crippen LogP contribution in [0, 0.1) is 6.92 Å². The molecule has 1 aromatic carbocycles. The van der Waals surface area contributed by atoms with Crippen LogP contribution in [0.15, 0.2) is 36.4 Å². The first-order chi connectivity index (χ1) is 11.7. The number of nitrogens with one attached hydrogen (secondary N) is 1. The summed E-state index contributed by atoms with van der Waals surface area (Å²) < 4.78 is 37.6. The average Bonchev–Trinajstić information content (AvgIpc) is 2.98. The molecule has 0 atom stereocenters. The van der Waals surface area contributed by atoms with E-state index in [9.17, 15) is 22.8 Å². The lowest BCUT2D eigenvalue weighted by Gasteiger charge is -2.18. The molecule has 0 saturated carbocycles. The Labute approximate surface area is 147 Å². The van der Waals surface area contributed by atoms with Gasteiger partial charge in [-0.1, -0.05) is 12.1 Å². The molecule has 0 unspecified atom stereocenters. The topological polar surface area (TPSA) is 49.4 Å². The Bertz CT molecular complexity index is 754. The molecule has 2 rings (SSSR count). The smallest absolute Gasteiger partial charge is 0.342 e. The highest BCUT2D eigenvalue weighted by atomic mass is 32.1. The summed E-state index contributed by atoms with van der Waals surface area (Å²) >= 11 is 1.33. The second-order valence-electron chi connectivity index (χ2n) is 5.54. The molecule has 0 spiro atoms. The van der Waals surface area contributed by atoms with Crippen LogP contribution in [0.3, 0.4) is 0 Å². The van der Waals surface area contributed by atoms with Crippen LogP contribution in [0.5, 0.6) is 0 Å². The lowest BCUT2D eigenvalue weighted by molar-refractivity contribution is -0.137. The number of amides is 2. The SMILES string of the molecule is Cc1ccc(C(=O)NCC(=O)N(C)Cc2ccc(C(F)(F)F)cc2)s1. The molecule has 0 aliphatic carbocycles. The first-order valence-corrected chi connectivity index (χ1v) is 8.23. The summed E-state index contributed by atoms with van der Waals surface area (Å²) in [5, 5.41) is 2.54. The fraction of sp³-hybridized carbons (Fsp3) is 0.294. The fourth-order valence-corrected chi connectivity index (χ4v) is 2.88. The molecule has 1 N–H and O–H groups in total. The first kappa shape index (κ1) is 19.0. The van der Waals surface area contributed by atoms with Gasteiger partial charge in [0.1, 0.15) is 0 Å². The predicted octanol–water partition coefficient (Wildman–Crippen LogP) is 3.46. The molecule has 0 fully saturated rings. The van der Waals surface area contributed by atoms with Gasteiger partial charge in [-0.2, -0.15) is 13.2 Å². The van der Waals surface area contributed by atoms with E-state index in [-0.39, 0.29) is 24.9 Å². The van der Waals surface area contributed by atoms with Crippen LogP contribution in [-0.2, 0) is 17.5 Å². The van der Waals surface area contributed by atoms with Gasteiger partial charge in [-0.05, 0) is 36.8 Å². The summed E-state index contributed by atoms with van der Waals surface area (Å²) in [6.07, 6.45) is -4.38. The van der Waals surface area contributed by atoms with Gasteiger partial charge in [-0.25, -0.2) is 0 Å². The molecule has 0 aliphatic rings. The van der Waals surface area contributed by atoms with Crippen molar-refractivity contribution in [3.63, 3.8) is 0 Å². The number of alkyl halides is 3. The number of rotatable bonds is 5. The molecule has 1 aromatic heterocycles. The summed E-state index contributed by atoms with van der Waals surface area (Å²) in [5.74, 6) is -0.657. The second-order valence-corrected chi connectivity index (χ2v) is 6.83. The molecular weight excluding hydrogens is 353 g/mol. The normalized spacial score (nSPS) is 11.2. The summed E-state index contributed by atoms with van der Waals surface area (Å²) in [7, 11) is 1.53. The van der Waals surface area contributed by atoms with Gasteiger partial charge in [0.15, 0.2) is 0 Å². The number of aryl methyl sites for hydroxylation is 1. The lowest BCUT2D eigenvalue weighted by atomic mass is 10.1. The van der Waals surface area contributed by atoms with E-state index in [1.807, 2.05) is 13.0 Å². The number of halogens is 3. The van der Waals surface area contributed by atoms with Gasteiger partial charge in [-0.15, -0.1) is 11.3 Å². The number of benzene rings is 1.